The predicted molar refractivity (Wildman–Crippen MR) is 87.6 cm³/mol. The maximum Gasteiger partial charge on any atom is 0.257 e. The van der Waals surface area contributed by atoms with Crippen molar-refractivity contribution in [3.8, 4) is 0 Å². The zero-order chi connectivity index (χ0) is 16.5. The standard InChI is InChI=1S/C18H23N3O3/c1-2-21-8-16-15(12-24-10-13-3-4-13)7-20(9-17(16)19-21)18(22)14-5-6-23-11-14/h5-6,8,11,13,15H,2-4,7,9-10,12H2,1H3/t15-/m0/s1. The van der Waals surface area contributed by atoms with Crippen LogP contribution in [0.15, 0.2) is 29.2 Å². The molecule has 1 atom stereocenters. The summed E-state index contributed by atoms with van der Waals surface area (Å²) in [5.41, 5.74) is 2.80. The maximum atomic E-state index is 12.7. The molecule has 1 fully saturated rings. The molecular formula is C18H23N3O3. The molecule has 2 aliphatic rings. The molecule has 1 amide bonds. The minimum absolute atomic E-state index is 0.00681. The molecule has 1 aliphatic carbocycles. The third-order valence-electron chi connectivity index (χ3n) is 4.84. The largest absolute Gasteiger partial charge is 0.472 e. The van der Waals surface area contributed by atoms with Gasteiger partial charge in [0.2, 0.25) is 0 Å². The van der Waals surface area contributed by atoms with Crippen molar-refractivity contribution in [3.63, 3.8) is 0 Å². The summed E-state index contributed by atoms with van der Waals surface area (Å²) < 4.78 is 12.9. The minimum atomic E-state index is -0.00681. The second-order valence-corrected chi connectivity index (χ2v) is 6.76. The number of fused-ring (bicyclic) bond motifs is 1. The number of carbonyl (C=O) groups excluding carboxylic acids is 1. The first-order valence-electron chi connectivity index (χ1n) is 8.70. The molecule has 2 aromatic rings. The molecule has 0 aromatic carbocycles. The molecule has 0 N–H and O–H groups in total. The number of rotatable bonds is 6. The van der Waals surface area contributed by atoms with Gasteiger partial charge in [0.05, 0.1) is 30.7 Å². The molecule has 128 valence electrons. The first kappa shape index (κ1) is 15.4. The van der Waals surface area contributed by atoms with Crippen LogP contribution in [-0.2, 0) is 17.8 Å². The van der Waals surface area contributed by atoms with Gasteiger partial charge in [-0.05, 0) is 31.7 Å². The second-order valence-electron chi connectivity index (χ2n) is 6.76. The lowest BCUT2D eigenvalue weighted by molar-refractivity contribution is 0.0626. The SMILES string of the molecule is CCn1cc2c(n1)CN(C(=O)c1ccoc1)C[C@H]2COCC1CC1. The van der Waals surface area contributed by atoms with Crippen LogP contribution < -0.4 is 0 Å². The van der Waals surface area contributed by atoms with E-state index in [0.717, 1.165) is 24.8 Å². The molecule has 0 radical (unpaired) electrons. The number of carbonyl (C=O) groups is 1. The Kier molecular flexibility index (Phi) is 4.14. The lowest BCUT2D eigenvalue weighted by Gasteiger charge is -2.31. The lowest BCUT2D eigenvalue weighted by atomic mass is 9.95. The van der Waals surface area contributed by atoms with Crippen molar-refractivity contribution in [1.29, 1.82) is 0 Å². The molecule has 6 heteroatoms. The average Bonchev–Trinajstić information content (AvgIpc) is 3.11. The Labute approximate surface area is 141 Å². The van der Waals surface area contributed by atoms with Gasteiger partial charge in [-0.25, -0.2) is 0 Å². The van der Waals surface area contributed by atoms with E-state index in [1.54, 1.807) is 6.07 Å². The molecule has 2 aromatic heterocycles. The summed E-state index contributed by atoms with van der Waals surface area (Å²) in [5.74, 6) is 0.923. The van der Waals surface area contributed by atoms with Gasteiger partial charge in [0.1, 0.15) is 6.26 Å². The van der Waals surface area contributed by atoms with E-state index in [4.69, 9.17) is 9.15 Å². The molecule has 24 heavy (non-hydrogen) atoms. The molecule has 0 unspecified atom stereocenters. The highest BCUT2D eigenvalue weighted by atomic mass is 16.5. The fourth-order valence-electron chi connectivity index (χ4n) is 3.24. The number of aryl methyl sites for hydroxylation is 1. The number of furan rings is 1. The van der Waals surface area contributed by atoms with Crippen LogP contribution in [0.2, 0.25) is 0 Å². The van der Waals surface area contributed by atoms with Crippen LogP contribution in [0, 0.1) is 5.92 Å². The van der Waals surface area contributed by atoms with Crippen LogP contribution in [0.5, 0.6) is 0 Å². The topological polar surface area (TPSA) is 60.5 Å². The van der Waals surface area contributed by atoms with Crippen molar-refractivity contribution >= 4 is 5.91 Å². The van der Waals surface area contributed by atoms with E-state index in [9.17, 15) is 4.79 Å². The van der Waals surface area contributed by atoms with Crippen molar-refractivity contribution in [2.45, 2.75) is 38.8 Å². The van der Waals surface area contributed by atoms with Crippen LogP contribution in [0.25, 0.3) is 0 Å². The Hall–Kier alpha value is -2.08. The molecule has 0 spiro atoms. The predicted octanol–water partition coefficient (Wildman–Crippen LogP) is 2.66. The third kappa shape index (κ3) is 3.11. The van der Waals surface area contributed by atoms with Gasteiger partial charge in [-0.15, -0.1) is 0 Å². The van der Waals surface area contributed by atoms with Crippen LogP contribution in [0.3, 0.4) is 0 Å². The van der Waals surface area contributed by atoms with Crippen LogP contribution in [0.4, 0.5) is 0 Å². The minimum Gasteiger partial charge on any atom is -0.472 e. The molecule has 1 aliphatic heterocycles. The van der Waals surface area contributed by atoms with Gasteiger partial charge >= 0.3 is 0 Å². The van der Waals surface area contributed by atoms with E-state index in [0.29, 0.717) is 25.3 Å². The molecule has 1 saturated carbocycles. The van der Waals surface area contributed by atoms with E-state index in [1.165, 1.54) is 30.9 Å². The molecule has 6 nitrogen and oxygen atoms in total. The molecular weight excluding hydrogens is 306 g/mol. The number of aromatic nitrogens is 2. The zero-order valence-corrected chi connectivity index (χ0v) is 14.0. The fourth-order valence-corrected chi connectivity index (χ4v) is 3.24. The second kappa shape index (κ2) is 6.43. The number of hydrogen-bond donors (Lipinski definition) is 0. The Bertz CT molecular complexity index is 703. The van der Waals surface area contributed by atoms with Gasteiger partial charge in [0, 0.05) is 37.4 Å². The molecule has 0 bridgehead atoms. The van der Waals surface area contributed by atoms with Crippen molar-refractivity contribution in [2.75, 3.05) is 19.8 Å². The van der Waals surface area contributed by atoms with Gasteiger partial charge in [-0.2, -0.15) is 5.10 Å². The number of hydrogen-bond acceptors (Lipinski definition) is 4. The van der Waals surface area contributed by atoms with Crippen LogP contribution in [0.1, 0.15) is 47.3 Å². The summed E-state index contributed by atoms with van der Waals surface area (Å²) >= 11 is 0. The van der Waals surface area contributed by atoms with Gasteiger partial charge in [-0.1, -0.05) is 0 Å². The summed E-state index contributed by atoms with van der Waals surface area (Å²) in [7, 11) is 0. The fraction of sp³-hybridized carbons (Fsp3) is 0.556. The van der Waals surface area contributed by atoms with Crippen molar-refractivity contribution < 1.29 is 13.9 Å². The lowest BCUT2D eigenvalue weighted by Crippen LogP contribution is -2.39. The third-order valence-corrected chi connectivity index (χ3v) is 4.84. The summed E-state index contributed by atoms with van der Waals surface area (Å²) in [6.07, 6.45) is 7.72. The van der Waals surface area contributed by atoms with Crippen molar-refractivity contribution in [3.05, 3.63) is 41.6 Å². The Morgan fingerprint density at radius 1 is 1.42 bits per heavy atom. The van der Waals surface area contributed by atoms with E-state index in [2.05, 4.69) is 18.2 Å². The number of amides is 1. The maximum absolute atomic E-state index is 12.7. The zero-order valence-electron chi connectivity index (χ0n) is 14.0. The Morgan fingerprint density at radius 2 is 2.29 bits per heavy atom. The number of ether oxygens (including phenoxy) is 1. The Balaban J connectivity index is 1.52. The quantitative estimate of drug-likeness (QED) is 0.817. The number of nitrogens with zero attached hydrogens (tertiary/aromatic N) is 3. The van der Waals surface area contributed by atoms with Crippen molar-refractivity contribution in [1.82, 2.24) is 14.7 Å². The highest BCUT2D eigenvalue weighted by molar-refractivity contribution is 5.94. The van der Waals surface area contributed by atoms with Crippen molar-refractivity contribution in [2.24, 2.45) is 5.92 Å². The van der Waals surface area contributed by atoms with Gasteiger partial charge < -0.3 is 14.1 Å². The summed E-state index contributed by atoms with van der Waals surface area (Å²) in [5, 5.41) is 4.63. The average molecular weight is 329 g/mol. The first-order valence-corrected chi connectivity index (χ1v) is 8.70. The highest BCUT2D eigenvalue weighted by Crippen LogP contribution is 2.32. The molecule has 0 saturated heterocycles. The summed E-state index contributed by atoms with van der Waals surface area (Å²) in [6, 6.07) is 1.71. The van der Waals surface area contributed by atoms with E-state index < -0.39 is 0 Å². The van der Waals surface area contributed by atoms with Gasteiger partial charge in [0.25, 0.3) is 5.91 Å². The monoisotopic (exact) mass is 329 g/mol. The Morgan fingerprint density at radius 3 is 3.00 bits per heavy atom. The van der Waals surface area contributed by atoms with Crippen LogP contribution in [-0.4, -0.2) is 40.3 Å². The smallest absolute Gasteiger partial charge is 0.257 e. The highest BCUT2D eigenvalue weighted by Gasteiger charge is 2.32. The van der Waals surface area contributed by atoms with E-state index >= 15 is 0 Å². The molecule has 3 heterocycles. The van der Waals surface area contributed by atoms with Crippen LogP contribution >= 0.6 is 0 Å². The molecule has 4 rings (SSSR count). The van der Waals surface area contributed by atoms with E-state index in [-0.39, 0.29) is 11.8 Å². The first-order chi connectivity index (χ1) is 11.7. The normalized spacial score (nSPS) is 20.2. The van der Waals surface area contributed by atoms with Gasteiger partial charge in [-0.3, -0.25) is 9.48 Å². The summed E-state index contributed by atoms with van der Waals surface area (Å²) in [6.45, 7) is 5.60. The van der Waals surface area contributed by atoms with Gasteiger partial charge in [0.15, 0.2) is 0 Å². The summed E-state index contributed by atoms with van der Waals surface area (Å²) in [4.78, 5) is 14.5. The van der Waals surface area contributed by atoms with E-state index in [1.807, 2.05) is 9.58 Å².